The zero-order valence-electron chi connectivity index (χ0n) is 12.8. The molecular weight excluding hydrogens is 280 g/mol. The molecule has 0 atom stereocenters. The number of aliphatic hydroxyl groups excluding tert-OH is 1. The molecule has 0 unspecified atom stereocenters. The van der Waals surface area contributed by atoms with Crippen molar-refractivity contribution in [3.05, 3.63) is 48.6 Å². The Morgan fingerprint density at radius 3 is 2.59 bits per heavy atom. The van der Waals surface area contributed by atoms with E-state index in [0.717, 1.165) is 5.56 Å². The highest BCUT2D eigenvalue weighted by Gasteiger charge is 2.44. The van der Waals surface area contributed by atoms with Crippen molar-refractivity contribution in [1.82, 2.24) is 10.2 Å². The zero-order valence-corrected chi connectivity index (χ0v) is 12.8. The fraction of sp³-hybridized carbons (Fsp3) is 0.412. The molecular formula is C17H22N2O3. The van der Waals surface area contributed by atoms with Gasteiger partial charge in [0.1, 0.15) is 0 Å². The lowest BCUT2D eigenvalue weighted by molar-refractivity contribution is -0.131. The average molecular weight is 302 g/mol. The highest BCUT2D eigenvalue weighted by molar-refractivity contribution is 5.90. The molecule has 118 valence electrons. The summed E-state index contributed by atoms with van der Waals surface area (Å²) in [6.07, 6.45) is 2.14. The lowest BCUT2D eigenvalue weighted by Gasteiger charge is -2.46. The van der Waals surface area contributed by atoms with Crippen LogP contribution in [-0.2, 0) is 15.0 Å². The maximum atomic E-state index is 12.0. The van der Waals surface area contributed by atoms with Gasteiger partial charge in [-0.1, -0.05) is 36.9 Å². The number of nitrogens with zero attached hydrogens (tertiary/aromatic N) is 1. The van der Waals surface area contributed by atoms with E-state index in [1.807, 2.05) is 30.3 Å². The maximum Gasteiger partial charge on any atom is 0.246 e. The second-order valence-electron chi connectivity index (χ2n) is 5.88. The Balaban J connectivity index is 1.95. The maximum absolute atomic E-state index is 12.0. The third kappa shape index (κ3) is 3.54. The van der Waals surface area contributed by atoms with Crippen LogP contribution in [-0.4, -0.2) is 48.1 Å². The quantitative estimate of drug-likeness (QED) is 0.765. The molecule has 1 aromatic rings. The number of aliphatic hydroxyl groups is 1. The van der Waals surface area contributed by atoms with Gasteiger partial charge in [-0.05, 0) is 24.5 Å². The Labute approximate surface area is 130 Å². The van der Waals surface area contributed by atoms with Crippen LogP contribution in [0.3, 0.4) is 0 Å². The first kappa shape index (κ1) is 16.2. The van der Waals surface area contributed by atoms with Crippen molar-refractivity contribution in [2.75, 3.05) is 20.1 Å². The Kier molecular flexibility index (Phi) is 4.98. The van der Waals surface area contributed by atoms with Crippen molar-refractivity contribution in [2.45, 2.75) is 24.4 Å². The molecule has 22 heavy (non-hydrogen) atoms. The Hall–Kier alpha value is -2.14. The SMILES string of the molecule is C=CC(=O)N(C)CC(=O)NCC1(c2ccccc2)CC(O)C1. The van der Waals surface area contributed by atoms with Crippen LogP contribution in [0.15, 0.2) is 43.0 Å². The number of nitrogens with one attached hydrogen (secondary N) is 1. The number of carbonyl (C=O) groups is 2. The lowest BCUT2D eigenvalue weighted by atomic mass is 9.62. The van der Waals surface area contributed by atoms with Crippen molar-refractivity contribution in [2.24, 2.45) is 0 Å². The third-order valence-electron chi connectivity index (χ3n) is 4.19. The summed E-state index contributed by atoms with van der Waals surface area (Å²) in [5.41, 5.74) is 0.910. The predicted octanol–water partition coefficient (Wildman–Crippen LogP) is 0.840. The van der Waals surface area contributed by atoms with Crippen LogP contribution in [0.2, 0.25) is 0 Å². The van der Waals surface area contributed by atoms with Crippen molar-refractivity contribution in [1.29, 1.82) is 0 Å². The number of likely N-dealkylation sites (N-methyl/N-ethyl adjacent to an activating group) is 1. The summed E-state index contributed by atoms with van der Waals surface area (Å²) in [6, 6.07) is 9.90. The van der Waals surface area contributed by atoms with Gasteiger partial charge in [-0.3, -0.25) is 9.59 Å². The van der Waals surface area contributed by atoms with Gasteiger partial charge in [-0.2, -0.15) is 0 Å². The third-order valence-corrected chi connectivity index (χ3v) is 4.19. The van der Waals surface area contributed by atoms with Crippen LogP contribution in [0.25, 0.3) is 0 Å². The van der Waals surface area contributed by atoms with E-state index in [9.17, 15) is 14.7 Å². The van der Waals surface area contributed by atoms with Gasteiger partial charge in [0, 0.05) is 19.0 Å². The zero-order chi connectivity index (χ0) is 16.2. The lowest BCUT2D eigenvalue weighted by Crippen LogP contribution is -2.53. The van der Waals surface area contributed by atoms with E-state index in [4.69, 9.17) is 0 Å². The molecule has 0 bridgehead atoms. The highest BCUT2D eigenvalue weighted by atomic mass is 16.3. The summed E-state index contributed by atoms with van der Waals surface area (Å²) < 4.78 is 0. The minimum atomic E-state index is -0.317. The second-order valence-corrected chi connectivity index (χ2v) is 5.88. The first-order valence-electron chi connectivity index (χ1n) is 7.35. The molecule has 2 amide bonds. The molecule has 0 aliphatic heterocycles. The first-order chi connectivity index (χ1) is 10.5. The molecule has 1 aromatic carbocycles. The van der Waals surface area contributed by atoms with Gasteiger partial charge in [-0.25, -0.2) is 0 Å². The molecule has 2 N–H and O–H groups in total. The molecule has 0 aromatic heterocycles. The minimum Gasteiger partial charge on any atom is -0.393 e. The summed E-state index contributed by atoms with van der Waals surface area (Å²) >= 11 is 0. The number of amides is 2. The molecule has 1 fully saturated rings. The summed E-state index contributed by atoms with van der Waals surface area (Å²) in [6.45, 7) is 3.85. The van der Waals surface area contributed by atoms with E-state index in [0.29, 0.717) is 19.4 Å². The van der Waals surface area contributed by atoms with Crippen LogP contribution in [0, 0.1) is 0 Å². The second kappa shape index (κ2) is 6.75. The number of hydrogen-bond donors (Lipinski definition) is 2. The fourth-order valence-corrected chi connectivity index (χ4v) is 2.89. The molecule has 1 saturated carbocycles. The standard InChI is InChI=1S/C17H22N2O3/c1-3-16(22)19(2)11-15(21)18-12-17(9-14(20)10-17)13-7-5-4-6-8-13/h3-8,14,20H,1,9-12H2,2H3,(H,18,21). The van der Waals surface area contributed by atoms with Gasteiger partial charge in [0.15, 0.2) is 0 Å². The van der Waals surface area contributed by atoms with Crippen molar-refractivity contribution < 1.29 is 14.7 Å². The number of hydrogen-bond acceptors (Lipinski definition) is 3. The van der Waals surface area contributed by atoms with Crippen molar-refractivity contribution >= 4 is 11.8 Å². The van der Waals surface area contributed by atoms with Gasteiger partial charge in [0.05, 0.1) is 12.6 Å². The first-order valence-corrected chi connectivity index (χ1v) is 7.35. The number of benzene rings is 1. The van der Waals surface area contributed by atoms with Crippen molar-refractivity contribution in [3.63, 3.8) is 0 Å². The fourth-order valence-electron chi connectivity index (χ4n) is 2.89. The molecule has 5 heteroatoms. The molecule has 2 rings (SSSR count). The van der Waals surface area contributed by atoms with Crippen LogP contribution in [0.5, 0.6) is 0 Å². The topological polar surface area (TPSA) is 69.6 Å². The van der Waals surface area contributed by atoms with Gasteiger partial charge >= 0.3 is 0 Å². The normalized spacial score (nSPS) is 23.3. The van der Waals surface area contributed by atoms with Gasteiger partial charge in [0.25, 0.3) is 0 Å². The molecule has 0 spiro atoms. The average Bonchev–Trinajstić information content (AvgIpc) is 2.50. The molecule has 0 heterocycles. The Morgan fingerprint density at radius 1 is 1.41 bits per heavy atom. The minimum absolute atomic E-state index is 0.00171. The molecule has 1 aliphatic rings. The van der Waals surface area contributed by atoms with Crippen LogP contribution in [0.4, 0.5) is 0 Å². The molecule has 0 radical (unpaired) electrons. The van der Waals surface area contributed by atoms with Gasteiger partial charge < -0.3 is 15.3 Å². The van der Waals surface area contributed by atoms with E-state index in [2.05, 4.69) is 11.9 Å². The van der Waals surface area contributed by atoms with E-state index in [-0.39, 0.29) is 29.9 Å². The molecule has 5 nitrogen and oxygen atoms in total. The summed E-state index contributed by atoms with van der Waals surface area (Å²) in [7, 11) is 1.56. The van der Waals surface area contributed by atoms with Gasteiger partial charge in [-0.15, -0.1) is 0 Å². The highest BCUT2D eigenvalue weighted by Crippen LogP contribution is 2.43. The Bertz CT molecular complexity index is 550. The predicted molar refractivity (Wildman–Crippen MR) is 84.2 cm³/mol. The summed E-state index contributed by atoms with van der Waals surface area (Å²) in [5.74, 6) is -0.499. The van der Waals surface area contributed by atoms with Gasteiger partial charge in [0.2, 0.25) is 11.8 Å². The Morgan fingerprint density at radius 2 is 2.05 bits per heavy atom. The largest absolute Gasteiger partial charge is 0.393 e. The van der Waals surface area contributed by atoms with Crippen LogP contribution in [0.1, 0.15) is 18.4 Å². The number of carbonyl (C=O) groups excluding carboxylic acids is 2. The van der Waals surface area contributed by atoms with Crippen LogP contribution >= 0.6 is 0 Å². The smallest absolute Gasteiger partial charge is 0.246 e. The van der Waals surface area contributed by atoms with E-state index in [1.165, 1.54) is 11.0 Å². The summed E-state index contributed by atoms with van der Waals surface area (Å²) in [4.78, 5) is 24.7. The summed E-state index contributed by atoms with van der Waals surface area (Å²) in [5, 5.41) is 12.6. The van der Waals surface area contributed by atoms with Crippen LogP contribution < -0.4 is 5.32 Å². The van der Waals surface area contributed by atoms with E-state index < -0.39 is 0 Å². The van der Waals surface area contributed by atoms with Crippen molar-refractivity contribution in [3.8, 4) is 0 Å². The molecule has 1 aliphatic carbocycles. The number of rotatable bonds is 6. The monoisotopic (exact) mass is 302 g/mol. The van der Waals surface area contributed by atoms with E-state index in [1.54, 1.807) is 7.05 Å². The molecule has 0 saturated heterocycles. The van der Waals surface area contributed by atoms with E-state index >= 15 is 0 Å².